The van der Waals surface area contributed by atoms with E-state index in [0.717, 1.165) is 18.5 Å². The third kappa shape index (κ3) is 1.76. The molecule has 1 aliphatic heterocycles. The smallest absolute Gasteiger partial charge is 0.227 e. The Morgan fingerprint density at radius 1 is 1.33 bits per heavy atom. The SMILES string of the molecule is CCC(C)N1C(=O)CCc2ccccc21. The number of fused-ring (bicyclic) bond motifs is 1. The van der Waals surface area contributed by atoms with Crippen LogP contribution >= 0.6 is 0 Å². The molecule has 1 aliphatic rings. The van der Waals surface area contributed by atoms with Crippen molar-refractivity contribution in [1.82, 2.24) is 0 Å². The number of anilines is 1. The van der Waals surface area contributed by atoms with E-state index in [0.29, 0.717) is 12.5 Å². The largest absolute Gasteiger partial charge is 0.309 e. The fraction of sp³-hybridized carbons (Fsp3) is 0.462. The lowest BCUT2D eigenvalue weighted by Crippen LogP contribution is -2.41. The van der Waals surface area contributed by atoms with E-state index in [1.165, 1.54) is 5.56 Å². The molecule has 0 radical (unpaired) electrons. The molecule has 15 heavy (non-hydrogen) atoms. The summed E-state index contributed by atoms with van der Waals surface area (Å²) in [5.74, 6) is 0.267. The summed E-state index contributed by atoms with van der Waals surface area (Å²) in [6.07, 6.45) is 2.55. The van der Waals surface area contributed by atoms with Crippen molar-refractivity contribution in [1.29, 1.82) is 0 Å². The number of para-hydroxylation sites is 1. The van der Waals surface area contributed by atoms with Crippen LogP contribution < -0.4 is 4.90 Å². The van der Waals surface area contributed by atoms with Crippen LogP contribution in [0.15, 0.2) is 24.3 Å². The van der Waals surface area contributed by atoms with E-state index < -0.39 is 0 Å². The molecule has 0 N–H and O–H groups in total. The third-order valence-electron chi connectivity index (χ3n) is 3.16. The highest BCUT2D eigenvalue weighted by Gasteiger charge is 2.26. The normalized spacial score (nSPS) is 17.5. The number of benzene rings is 1. The van der Waals surface area contributed by atoms with Crippen molar-refractivity contribution in [3.8, 4) is 0 Å². The lowest BCUT2D eigenvalue weighted by Gasteiger charge is -2.33. The maximum absolute atomic E-state index is 11.9. The molecule has 0 aromatic heterocycles. The highest BCUT2D eigenvalue weighted by atomic mass is 16.2. The minimum atomic E-state index is 0.267. The van der Waals surface area contributed by atoms with Crippen LogP contribution in [0.4, 0.5) is 5.69 Å². The Kier molecular flexibility index (Phi) is 2.76. The summed E-state index contributed by atoms with van der Waals surface area (Å²) in [7, 11) is 0. The van der Waals surface area contributed by atoms with Gasteiger partial charge in [-0.25, -0.2) is 0 Å². The molecule has 1 unspecified atom stereocenters. The molecule has 0 aliphatic carbocycles. The summed E-state index contributed by atoms with van der Waals surface area (Å²) in [6, 6.07) is 8.53. The number of carbonyl (C=O) groups is 1. The number of amides is 1. The minimum Gasteiger partial charge on any atom is -0.309 e. The maximum atomic E-state index is 11.9. The number of nitrogens with zero attached hydrogens (tertiary/aromatic N) is 1. The van der Waals surface area contributed by atoms with Gasteiger partial charge >= 0.3 is 0 Å². The Hall–Kier alpha value is -1.31. The van der Waals surface area contributed by atoms with Gasteiger partial charge in [0.05, 0.1) is 0 Å². The van der Waals surface area contributed by atoms with Crippen LogP contribution in [0.1, 0.15) is 32.3 Å². The van der Waals surface area contributed by atoms with Crippen LogP contribution in [-0.2, 0) is 11.2 Å². The number of hydrogen-bond donors (Lipinski definition) is 0. The molecule has 1 aromatic carbocycles. The first-order chi connectivity index (χ1) is 7.24. The lowest BCUT2D eigenvalue weighted by atomic mass is 9.99. The van der Waals surface area contributed by atoms with E-state index in [4.69, 9.17) is 0 Å². The predicted octanol–water partition coefficient (Wildman–Crippen LogP) is 2.76. The van der Waals surface area contributed by atoms with E-state index in [-0.39, 0.29) is 5.91 Å². The van der Waals surface area contributed by atoms with Gasteiger partial charge < -0.3 is 4.90 Å². The lowest BCUT2D eigenvalue weighted by molar-refractivity contribution is -0.119. The van der Waals surface area contributed by atoms with Gasteiger partial charge in [0, 0.05) is 18.2 Å². The first-order valence-electron chi connectivity index (χ1n) is 5.64. The highest BCUT2D eigenvalue weighted by Crippen LogP contribution is 2.29. The van der Waals surface area contributed by atoms with Gasteiger partial charge in [0.15, 0.2) is 0 Å². The molecule has 80 valence electrons. The zero-order valence-corrected chi connectivity index (χ0v) is 9.36. The minimum absolute atomic E-state index is 0.267. The molecule has 0 spiro atoms. The zero-order chi connectivity index (χ0) is 10.8. The van der Waals surface area contributed by atoms with Crippen molar-refractivity contribution < 1.29 is 4.79 Å². The van der Waals surface area contributed by atoms with E-state index in [9.17, 15) is 4.79 Å². The first kappa shape index (κ1) is 10.2. The topological polar surface area (TPSA) is 20.3 Å². The fourth-order valence-corrected chi connectivity index (χ4v) is 2.12. The van der Waals surface area contributed by atoms with E-state index in [1.54, 1.807) is 0 Å². The van der Waals surface area contributed by atoms with Crippen LogP contribution in [0.5, 0.6) is 0 Å². The van der Waals surface area contributed by atoms with Crippen molar-refractivity contribution >= 4 is 11.6 Å². The van der Waals surface area contributed by atoms with Crippen molar-refractivity contribution in [2.75, 3.05) is 4.90 Å². The average molecular weight is 203 g/mol. The quantitative estimate of drug-likeness (QED) is 0.723. The number of carbonyl (C=O) groups excluding carboxylic acids is 1. The standard InChI is InChI=1S/C13H17NO/c1-3-10(2)14-12-7-5-4-6-11(12)8-9-13(14)15/h4-7,10H,3,8-9H2,1-2H3. The zero-order valence-electron chi connectivity index (χ0n) is 9.36. The molecule has 0 fully saturated rings. The molecule has 1 amide bonds. The number of rotatable bonds is 2. The van der Waals surface area contributed by atoms with Gasteiger partial charge in [-0.05, 0) is 31.4 Å². The molecule has 1 aromatic rings. The molecule has 2 rings (SSSR count). The summed E-state index contributed by atoms with van der Waals surface area (Å²) in [5.41, 5.74) is 2.42. The third-order valence-corrected chi connectivity index (χ3v) is 3.16. The molecule has 2 heteroatoms. The molecule has 0 saturated heterocycles. The summed E-state index contributed by atoms with van der Waals surface area (Å²) >= 11 is 0. The van der Waals surface area contributed by atoms with Crippen molar-refractivity contribution in [2.45, 2.75) is 39.2 Å². The molecular weight excluding hydrogens is 186 g/mol. The van der Waals surface area contributed by atoms with Crippen molar-refractivity contribution in [2.24, 2.45) is 0 Å². The van der Waals surface area contributed by atoms with Crippen LogP contribution in [0, 0.1) is 0 Å². The van der Waals surface area contributed by atoms with Gasteiger partial charge in [0.1, 0.15) is 0 Å². The molecule has 1 atom stereocenters. The Balaban J connectivity index is 2.41. The van der Waals surface area contributed by atoms with Crippen LogP contribution in [0.2, 0.25) is 0 Å². The summed E-state index contributed by atoms with van der Waals surface area (Å²) < 4.78 is 0. The Morgan fingerprint density at radius 3 is 2.80 bits per heavy atom. The molecular formula is C13H17NO. The Morgan fingerprint density at radius 2 is 2.07 bits per heavy atom. The van der Waals surface area contributed by atoms with Gasteiger partial charge in [0.2, 0.25) is 5.91 Å². The average Bonchev–Trinajstić information content (AvgIpc) is 2.28. The summed E-state index contributed by atoms with van der Waals surface area (Å²) in [4.78, 5) is 13.8. The summed E-state index contributed by atoms with van der Waals surface area (Å²) in [6.45, 7) is 4.23. The van der Waals surface area contributed by atoms with Crippen LogP contribution in [0.3, 0.4) is 0 Å². The first-order valence-corrected chi connectivity index (χ1v) is 5.64. The monoisotopic (exact) mass is 203 g/mol. The second kappa shape index (κ2) is 4.05. The van der Waals surface area contributed by atoms with Gasteiger partial charge in [-0.3, -0.25) is 4.79 Å². The van der Waals surface area contributed by atoms with E-state index in [1.807, 2.05) is 17.0 Å². The molecule has 1 heterocycles. The Labute approximate surface area is 90.9 Å². The second-order valence-electron chi connectivity index (χ2n) is 4.15. The van der Waals surface area contributed by atoms with Crippen molar-refractivity contribution in [3.63, 3.8) is 0 Å². The van der Waals surface area contributed by atoms with Crippen LogP contribution in [0.25, 0.3) is 0 Å². The number of hydrogen-bond acceptors (Lipinski definition) is 1. The molecule has 2 nitrogen and oxygen atoms in total. The van der Waals surface area contributed by atoms with Gasteiger partial charge in [-0.15, -0.1) is 0 Å². The van der Waals surface area contributed by atoms with Gasteiger partial charge in [-0.2, -0.15) is 0 Å². The molecule has 0 saturated carbocycles. The van der Waals surface area contributed by atoms with E-state index >= 15 is 0 Å². The van der Waals surface area contributed by atoms with Crippen LogP contribution in [-0.4, -0.2) is 11.9 Å². The maximum Gasteiger partial charge on any atom is 0.227 e. The van der Waals surface area contributed by atoms with Gasteiger partial charge in [0.25, 0.3) is 0 Å². The predicted molar refractivity (Wildman–Crippen MR) is 62.0 cm³/mol. The van der Waals surface area contributed by atoms with E-state index in [2.05, 4.69) is 26.0 Å². The van der Waals surface area contributed by atoms with Crippen molar-refractivity contribution in [3.05, 3.63) is 29.8 Å². The molecule has 0 bridgehead atoms. The fourth-order valence-electron chi connectivity index (χ4n) is 2.12. The Bertz CT molecular complexity index is 373. The van der Waals surface area contributed by atoms with Gasteiger partial charge in [-0.1, -0.05) is 25.1 Å². The number of aryl methyl sites for hydroxylation is 1. The summed E-state index contributed by atoms with van der Waals surface area (Å²) in [5, 5.41) is 0. The highest BCUT2D eigenvalue weighted by molar-refractivity contribution is 5.96. The second-order valence-corrected chi connectivity index (χ2v) is 4.15.